The molecule has 0 aromatic carbocycles. The molecule has 4 nitrogen and oxygen atoms in total. The number of allylic oxidation sites excluding steroid dienone is 1. The number of rotatable bonds is 3. The highest BCUT2D eigenvalue weighted by molar-refractivity contribution is 9.18. The van der Waals surface area contributed by atoms with Crippen molar-refractivity contribution in [2.24, 2.45) is 0 Å². The molecular weight excluding hydrogens is 212 g/mol. The Balaban J connectivity index is 4.39. The number of hydrogen-bond acceptors (Lipinski definition) is 4. The first-order chi connectivity index (χ1) is 5.11. The summed E-state index contributed by atoms with van der Waals surface area (Å²) in [6, 6.07) is 0. The van der Waals surface area contributed by atoms with Crippen LogP contribution in [-0.4, -0.2) is 24.7 Å². The Bertz CT molecular complexity index is 201. The highest BCUT2D eigenvalue weighted by atomic mass is 79.9. The van der Waals surface area contributed by atoms with Crippen LogP contribution < -0.4 is 5.32 Å². The molecular formula is C6H9BrN2O2. The van der Waals surface area contributed by atoms with E-state index in [2.05, 4.69) is 26.0 Å². The lowest BCUT2D eigenvalue weighted by Crippen LogP contribution is -2.18. The molecule has 2 N–H and O–H groups in total. The van der Waals surface area contributed by atoms with Crippen LogP contribution in [0.25, 0.3) is 0 Å². The molecule has 0 heterocycles. The number of carbonyl (C=O) groups is 1. The molecule has 0 bridgehead atoms. The molecule has 0 aliphatic rings. The van der Waals surface area contributed by atoms with Crippen LogP contribution in [0.2, 0.25) is 0 Å². The molecule has 0 amide bonds. The molecule has 0 unspecified atom stereocenters. The Morgan fingerprint density at radius 1 is 1.73 bits per heavy atom. The average molecular weight is 221 g/mol. The van der Waals surface area contributed by atoms with E-state index in [1.807, 2.05) is 0 Å². The van der Waals surface area contributed by atoms with Gasteiger partial charge in [0.1, 0.15) is 5.70 Å². The summed E-state index contributed by atoms with van der Waals surface area (Å²) >= 11 is 2.87. The van der Waals surface area contributed by atoms with Crippen LogP contribution in [0.4, 0.5) is 0 Å². The van der Waals surface area contributed by atoms with E-state index in [1.54, 1.807) is 7.05 Å². The molecule has 0 aromatic heterocycles. The van der Waals surface area contributed by atoms with Crippen molar-refractivity contribution < 1.29 is 9.53 Å². The number of carbonyl (C=O) groups excluding carboxylic acids is 1. The standard InChI is InChI=1S/C6H9BrN2O2/c1-9-4(3-5(7)8)6(10)11-2/h3,8-9H,1-2H3/b4-3-,8-5?. The number of likely N-dealkylation sites (N-methyl/N-ethyl adjacent to an activating group) is 1. The number of methoxy groups -OCH3 is 1. The second-order valence-corrected chi connectivity index (χ2v) is 2.50. The molecule has 5 heteroatoms. The maximum Gasteiger partial charge on any atom is 0.354 e. The Kier molecular flexibility index (Phi) is 4.52. The van der Waals surface area contributed by atoms with Crippen LogP contribution >= 0.6 is 15.9 Å². The van der Waals surface area contributed by atoms with Crippen LogP contribution in [0.3, 0.4) is 0 Å². The first-order valence-electron chi connectivity index (χ1n) is 2.83. The summed E-state index contributed by atoms with van der Waals surface area (Å²) in [6.45, 7) is 0. The van der Waals surface area contributed by atoms with Gasteiger partial charge in [-0.2, -0.15) is 0 Å². The molecule has 0 rings (SSSR count). The predicted octanol–water partition coefficient (Wildman–Crippen LogP) is 0.635. The first-order valence-corrected chi connectivity index (χ1v) is 3.63. The lowest BCUT2D eigenvalue weighted by atomic mass is 10.4. The van der Waals surface area contributed by atoms with Gasteiger partial charge in [-0.3, -0.25) is 5.41 Å². The van der Waals surface area contributed by atoms with Gasteiger partial charge in [0.15, 0.2) is 0 Å². The largest absolute Gasteiger partial charge is 0.464 e. The van der Waals surface area contributed by atoms with E-state index in [9.17, 15) is 4.79 Å². The number of esters is 1. The van der Waals surface area contributed by atoms with Crippen molar-refractivity contribution in [3.8, 4) is 0 Å². The molecule has 0 saturated heterocycles. The third kappa shape index (κ3) is 3.77. The summed E-state index contributed by atoms with van der Waals surface area (Å²) < 4.78 is 4.53. The summed E-state index contributed by atoms with van der Waals surface area (Å²) in [5.41, 5.74) is 0.245. The maximum atomic E-state index is 10.8. The van der Waals surface area contributed by atoms with E-state index in [-0.39, 0.29) is 10.3 Å². The van der Waals surface area contributed by atoms with Crippen molar-refractivity contribution in [1.29, 1.82) is 5.41 Å². The van der Waals surface area contributed by atoms with Crippen LogP contribution in [0.15, 0.2) is 11.8 Å². The summed E-state index contributed by atoms with van der Waals surface area (Å²) in [6.07, 6.45) is 1.33. The molecule has 0 fully saturated rings. The maximum absolute atomic E-state index is 10.8. The van der Waals surface area contributed by atoms with Crippen molar-refractivity contribution in [1.82, 2.24) is 5.32 Å². The molecule has 62 valence electrons. The van der Waals surface area contributed by atoms with Gasteiger partial charge in [-0.25, -0.2) is 4.79 Å². The van der Waals surface area contributed by atoms with E-state index < -0.39 is 5.97 Å². The zero-order chi connectivity index (χ0) is 8.85. The molecule has 0 spiro atoms. The average Bonchev–Trinajstić information content (AvgIpc) is 1.98. The minimum Gasteiger partial charge on any atom is -0.464 e. The minimum atomic E-state index is -0.489. The van der Waals surface area contributed by atoms with Crippen LogP contribution in [-0.2, 0) is 9.53 Å². The lowest BCUT2D eigenvalue weighted by Gasteiger charge is -2.02. The summed E-state index contributed by atoms with van der Waals surface area (Å²) in [7, 11) is 2.87. The molecule has 0 aliphatic heterocycles. The number of halogens is 1. The van der Waals surface area contributed by atoms with Gasteiger partial charge >= 0.3 is 5.97 Å². The smallest absolute Gasteiger partial charge is 0.354 e. The van der Waals surface area contributed by atoms with Gasteiger partial charge in [0.05, 0.1) is 11.7 Å². The van der Waals surface area contributed by atoms with E-state index in [1.165, 1.54) is 13.2 Å². The lowest BCUT2D eigenvalue weighted by molar-refractivity contribution is -0.136. The molecule has 0 aromatic rings. The fraction of sp³-hybridized carbons (Fsp3) is 0.333. The number of ether oxygens (including phenoxy) is 1. The molecule has 0 aliphatic carbocycles. The number of hydrogen-bond donors (Lipinski definition) is 2. The molecule has 0 saturated carbocycles. The van der Waals surface area contributed by atoms with Crippen LogP contribution in [0.1, 0.15) is 0 Å². The van der Waals surface area contributed by atoms with Gasteiger partial charge in [0.25, 0.3) is 0 Å². The summed E-state index contributed by atoms with van der Waals surface area (Å²) in [4.78, 5) is 10.8. The van der Waals surface area contributed by atoms with E-state index in [4.69, 9.17) is 5.41 Å². The van der Waals surface area contributed by atoms with Crippen molar-refractivity contribution in [3.05, 3.63) is 11.8 Å². The van der Waals surface area contributed by atoms with Gasteiger partial charge in [-0.05, 0) is 15.9 Å². The Labute approximate surface area is 73.3 Å². The second kappa shape index (κ2) is 4.90. The molecule has 11 heavy (non-hydrogen) atoms. The van der Waals surface area contributed by atoms with Gasteiger partial charge < -0.3 is 10.1 Å². The van der Waals surface area contributed by atoms with Gasteiger partial charge in [-0.15, -0.1) is 0 Å². The van der Waals surface area contributed by atoms with Crippen molar-refractivity contribution >= 4 is 26.5 Å². The minimum absolute atomic E-state index is 0.118. The second-order valence-electron chi connectivity index (χ2n) is 1.65. The van der Waals surface area contributed by atoms with Crippen LogP contribution in [0.5, 0.6) is 0 Å². The first kappa shape index (κ1) is 10.2. The number of nitrogens with one attached hydrogen (secondary N) is 2. The fourth-order valence-electron chi connectivity index (χ4n) is 0.470. The third-order valence-electron chi connectivity index (χ3n) is 0.946. The fourth-order valence-corrected chi connectivity index (χ4v) is 0.699. The van der Waals surface area contributed by atoms with Crippen molar-refractivity contribution in [2.45, 2.75) is 0 Å². The summed E-state index contributed by atoms with van der Waals surface area (Å²) in [5.74, 6) is -0.489. The van der Waals surface area contributed by atoms with E-state index in [0.29, 0.717) is 0 Å². The highest BCUT2D eigenvalue weighted by Gasteiger charge is 2.06. The highest BCUT2D eigenvalue weighted by Crippen LogP contribution is 1.95. The predicted molar refractivity (Wildman–Crippen MR) is 45.8 cm³/mol. The normalized spacial score (nSPS) is 10.6. The van der Waals surface area contributed by atoms with Gasteiger partial charge in [-0.1, -0.05) is 0 Å². The van der Waals surface area contributed by atoms with Crippen molar-refractivity contribution in [2.75, 3.05) is 14.2 Å². The van der Waals surface area contributed by atoms with Gasteiger partial charge in [0.2, 0.25) is 0 Å². The van der Waals surface area contributed by atoms with E-state index in [0.717, 1.165) is 0 Å². The summed E-state index contributed by atoms with van der Waals surface area (Å²) in [5, 5.41) is 9.59. The molecule has 0 radical (unpaired) electrons. The zero-order valence-electron chi connectivity index (χ0n) is 6.27. The zero-order valence-corrected chi connectivity index (χ0v) is 7.86. The van der Waals surface area contributed by atoms with Crippen molar-refractivity contribution in [3.63, 3.8) is 0 Å². The quantitative estimate of drug-likeness (QED) is 0.417. The topological polar surface area (TPSA) is 62.2 Å². The molecule has 0 atom stereocenters. The third-order valence-corrected chi connectivity index (χ3v) is 1.17. The van der Waals surface area contributed by atoms with Gasteiger partial charge in [0, 0.05) is 13.1 Å². The SMILES string of the molecule is CN/C(=C\C(=N)Br)C(=O)OC. The Morgan fingerprint density at radius 2 is 2.27 bits per heavy atom. The van der Waals surface area contributed by atoms with Crippen LogP contribution in [0, 0.1) is 5.41 Å². The Hall–Kier alpha value is -0.840. The van der Waals surface area contributed by atoms with E-state index >= 15 is 0 Å². The Morgan fingerprint density at radius 3 is 2.55 bits per heavy atom. The monoisotopic (exact) mass is 220 g/mol.